The molecule has 1 amide bonds. The Morgan fingerprint density at radius 3 is 2.54 bits per heavy atom. The van der Waals surface area contributed by atoms with Crippen molar-refractivity contribution in [1.29, 1.82) is 0 Å². The maximum Gasteiger partial charge on any atom is 0.310 e. The average Bonchev–Trinajstić information content (AvgIpc) is 3.30. The first kappa shape index (κ1) is 18.2. The van der Waals surface area contributed by atoms with Crippen molar-refractivity contribution in [3.63, 3.8) is 0 Å². The summed E-state index contributed by atoms with van der Waals surface area (Å²) in [7, 11) is 0. The number of benzene rings is 1. The molecule has 1 aromatic heterocycles. The minimum absolute atomic E-state index is 0.187. The Hall–Kier alpha value is -2.63. The van der Waals surface area contributed by atoms with Gasteiger partial charge in [0.25, 0.3) is 5.91 Å². The number of hydrogen-bond donors (Lipinski definition) is 2. The molecule has 2 aromatic rings. The lowest BCUT2D eigenvalue weighted by Gasteiger charge is -2.22. The highest BCUT2D eigenvalue weighted by molar-refractivity contribution is 6.03. The van der Waals surface area contributed by atoms with E-state index < -0.39 is 11.9 Å². The fourth-order valence-electron chi connectivity index (χ4n) is 2.94. The van der Waals surface area contributed by atoms with Gasteiger partial charge in [-0.25, -0.2) is 0 Å². The average molecular weight is 355 g/mol. The summed E-state index contributed by atoms with van der Waals surface area (Å²) in [4.78, 5) is 23.8. The molecule has 0 spiro atoms. The van der Waals surface area contributed by atoms with Crippen molar-refractivity contribution in [2.45, 2.75) is 57.9 Å². The number of anilines is 1. The molecule has 1 unspecified atom stereocenters. The summed E-state index contributed by atoms with van der Waals surface area (Å²) in [5.41, 5.74) is 2.52. The standard InChI is InChI=1S/C20H25N3O3/c1-12(19(25)26)14-6-5-7-15(10-14)21-18(24)16-11-17(13-8-9-13)23(22-16)20(2,3)4/h5-7,10-13H,8-9H2,1-4H3,(H,21,24)(H,25,26). The number of hydrogen-bond acceptors (Lipinski definition) is 3. The van der Waals surface area contributed by atoms with Crippen molar-refractivity contribution in [2.75, 3.05) is 5.32 Å². The first-order chi connectivity index (χ1) is 12.2. The van der Waals surface area contributed by atoms with E-state index in [9.17, 15) is 9.59 Å². The highest BCUT2D eigenvalue weighted by Crippen LogP contribution is 2.41. The molecule has 2 N–H and O–H groups in total. The first-order valence-electron chi connectivity index (χ1n) is 8.91. The lowest BCUT2D eigenvalue weighted by molar-refractivity contribution is -0.138. The van der Waals surface area contributed by atoms with Crippen LogP contribution in [0.5, 0.6) is 0 Å². The number of amides is 1. The third-order valence-electron chi connectivity index (χ3n) is 4.62. The summed E-state index contributed by atoms with van der Waals surface area (Å²) in [6.45, 7) is 7.84. The SMILES string of the molecule is CC(C(=O)O)c1cccc(NC(=O)c2cc(C3CC3)n(C(C)(C)C)n2)c1. The van der Waals surface area contributed by atoms with Gasteiger partial charge in [0.15, 0.2) is 5.69 Å². The molecule has 0 bridgehead atoms. The zero-order valence-electron chi connectivity index (χ0n) is 15.6. The normalized spacial score (nSPS) is 15.5. The fourth-order valence-corrected chi connectivity index (χ4v) is 2.94. The predicted molar refractivity (Wildman–Crippen MR) is 99.6 cm³/mol. The fraction of sp³-hybridized carbons (Fsp3) is 0.450. The van der Waals surface area contributed by atoms with Gasteiger partial charge in [0.2, 0.25) is 0 Å². The Morgan fingerprint density at radius 2 is 1.96 bits per heavy atom. The highest BCUT2D eigenvalue weighted by Gasteiger charge is 2.32. The Morgan fingerprint density at radius 1 is 1.27 bits per heavy atom. The van der Waals surface area contributed by atoms with Gasteiger partial charge in [-0.15, -0.1) is 0 Å². The monoisotopic (exact) mass is 355 g/mol. The van der Waals surface area contributed by atoms with E-state index >= 15 is 0 Å². The van der Waals surface area contributed by atoms with Gasteiger partial charge in [-0.05, 0) is 64.3 Å². The molecule has 26 heavy (non-hydrogen) atoms. The Kier molecular flexibility index (Phi) is 4.61. The van der Waals surface area contributed by atoms with E-state index in [1.807, 2.05) is 10.7 Å². The molecular weight excluding hydrogens is 330 g/mol. The number of carboxylic acids is 1. The molecule has 138 valence electrons. The van der Waals surface area contributed by atoms with Crippen LogP contribution >= 0.6 is 0 Å². The second-order valence-corrected chi connectivity index (χ2v) is 7.95. The van der Waals surface area contributed by atoms with Crippen LogP contribution in [0.2, 0.25) is 0 Å². The third-order valence-corrected chi connectivity index (χ3v) is 4.62. The van der Waals surface area contributed by atoms with E-state index in [0.29, 0.717) is 22.9 Å². The lowest BCUT2D eigenvalue weighted by Crippen LogP contribution is -2.25. The van der Waals surface area contributed by atoms with Gasteiger partial charge < -0.3 is 10.4 Å². The maximum absolute atomic E-state index is 12.7. The topological polar surface area (TPSA) is 84.2 Å². The molecule has 1 saturated carbocycles. The molecule has 6 nitrogen and oxygen atoms in total. The minimum Gasteiger partial charge on any atom is -0.481 e. The van der Waals surface area contributed by atoms with Gasteiger partial charge in [-0.3, -0.25) is 14.3 Å². The van der Waals surface area contributed by atoms with Crippen LogP contribution in [0.15, 0.2) is 30.3 Å². The number of carbonyl (C=O) groups excluding carboxylic acids is 1. The van der Waals surface area contributed by atoms with Crippen LogP contribution in [0.1, 0.15) is 74.1 Å². The number of aliphatic carboxylic acids is 1. The quantitative estimate of drug-likeness (QED) is 0.850. The Balaban J connectivity index is 1.83. The first-order valence-corrected chi connectivity index (χ1v) is 8.91. The number of nitrogens with zero attached hydrogens (tertiary/aromatic N) is 2. The van der Waals surface area contributed by atoms with Crippen molar-refractivity contribution >= 4 is 17.6 Å². The largest absolute Gasteiger partial charge is 0.481 e. The van der Waals surface area contributed by atoms with E-state index in [4.69, 9.17) is 5.11 Å². The Labute approximate surface area is 153 Å². The summed E-state index contributed by atoms with van der Waals surface area (Å²) in [5, 5.41) is 16.5. The lowest BCUT2D eigenvalue weighted by atomic mass is 10.0. The van der Waals surface area contributed by atoms with Gasteiger partial charge in [0.1, 0.15) is 0 Å². The maximum atomic E-state index is 12.7. The molecule has 3 rings (SSSR count). The Bertz CT molecular complexity index is 844. The number of nitrogens with one attached hydrogen (secondary N) is 1. The van der Waals surface area contributed by atoms with Crippen LogP contribution in [0.3, 0.4) is 0 Å². The number of carboxylic acid groups (broad SMARTS) is 1. The third kappa shape index (κ3) is 3.79. The number of rotatable bonds is 5. The van der Waals surface area contributed by atoms with Crippen molar-refractivity contribution in [1.82, 2.24) is 9.78 Å². The van der Waals surface area contributed by atoms with Crippen LogP contribution in [-0.2, 0) is 10.3 Å². The van der Waals surface area contributed by atoms with E-state index in [0.717, 1.165) is 18.5 Å². The van der Waals surface area contributed by atoms with Crippen LogP contribution in [0.25, 0.3) is 0 Å². The van der Waals surface area contributed by atoms with Crippen molar-refractivity contribution < 1.29 is 14.7 Å². The smallest absolute Gasteiger partial charge is 0.310 e. The minimum atomic E-state index is -0.897. The molecule has 1 aliphatic rings. The summed E-state index contributed by atoms with van der Waals surface area (Å²) in [5.74, 6) is -1.32. The molecule has 1 aliphatic carbocycles. The highest BCUT2D eigenvalue weighted by atomic mass is 16.4. The number of aromatic nitrogens is 2. The van der Waals surface area contributed by atoms with E-state index in [1.165, 1.54) is 0 Å². The van der Waals surface area contributed by atoms with E-state index in [1.54, 1.807) is 31.2 Å². The second kappa shape index (κ2) is 6.59. The summed E-state index contributed by atoms with van der Waals surface area (Å²) in [6.07, 6.45) is 2.27. The molecular formula is C20H25N3O3. The molecule has 0 saturated heterocycles. The summed E-state index contributed by atoms with van der Waals surface area (Å²) in [6, 6.07) is 8.81. The number of carbonyl (C=O) groups is 2. The summed E-state index contributed by atoms with van der Waals surface area (Å²) >= 11 is 0. The van der Waals surface area contributed by atoms with Crippen LogP contribution in [-0.4, -0.2) is 26.8 Å². The van der Waals surface area contributed by atoms with Crippen LogP contribution in [0, 0.1) is 0 Å². The predicted octanol–water partition coefficient (Wildman–Crippen LogP) is 3.96. The zero-order valence-corrected chi connectivity index (χ0v) is 15.6. The van der Waals surface area contributed by atoms with Crippen LogP contribution in [0.4, 0.5) is 5.69 Å². The summed E-state index contributed by atoms with van der Waals surface area (Å²) < 4.78 is 1.95. The molecule has 1 atom stereocenters. The van der Waals surface area contributed by atoms with Crippen LogP contribution < -0.4 is 5.32 Å². The molecule has 0 radical (unpaired) electrons. The van der Waals surface area contributed by atoms with E-state index in [-0.39, 0.29) is 11.4 Å². The van der Waals surface area contributed by atoms with Crippen molar-refractivity contribution in [3.8, 4) is 0 Å². The van der Waals surface area contributed by atoms with Gasteiger partial charge in [-0.1, -0.05) is 12.1 Å². The molecule has 1 heterocycles. The molecule has 1 fully saturated rings. The van der Waals surface area contributed by atoms with Crippen molar-refractivity contribution in [3.05, 3.63) is 47.3 Å². The van der Waals surface area contributed by atoms with E-state index in [2.05, 4.69) is 31.2 Å². The van der Waals surface area contributed by atoms with Gasteiger partial charge in [0.05, 0.1) is 11.5 Å². The second-order valence-electron chi connectivity index (χ2n) is 7.95. The van der Waals surface area contributed by atoms with Gasteiger partial charge in [0, 0.05) is 17.3 Å². The molecule has 6 heteroatoms. The zero-order chi connectivity index (χ0) is 19.1. The van der Waals surface area contributed by atoms with Gasteiger partial charge >= 0.3 is 5.97 Å². The van der Waals surface area contributed by atoms with Gasteiger partial charge in [-0.2, -0.15) is 5.10 Å². The molecule has 0 aliphatic heterocycles. The molecule has 1 aromatic carbocycles. The van der Waals surface area contributed by atoms with Crippen molar-refractivity contribution in [2.24, 2.45) is 0 Å².